The Bertz CT molecular complexity index is 787. The number of nitrogens with zero attached hydrogens (tertiary/aromatic N) is 1. The number of aromatic amines is 1. The normalized spacial score (nSPS) is 20.3. The quantitative estimate of drug-likeness (QED) is 0.767. The summed E-state index contributed by atoms with van der Waals surface area (Å²) in [6, 6.07) is 1.84. The van der Waals surface area contributed by atoms with E-state index in [0.29, 0.717) is 23.2 Å². The standard InChI is InChI=1S/C17H18F3N3O3/c1-9-11(4-10-2-3-14(21-5-10)17(18,19)20)6-22-15(9)16(25)23-12-7-26-8-13(12)24/h2-3,5-6,12-13,22,24H,4,7-8H2,1H3,(H,23,25). The van der Waals surface area contributed by atoms with Gasteiger partial charge in [-0.1, -0.05) is 6.07 Å². The number of aliphatic hydroxyl groups excluding tert-OH is 1. The third-order valence-electron chi connectivity index (χ3n) is 4.35. The number of carbonyl (C=O) groups is 1. The second-order valence-corrected chi connectivity index (χ2v) is 6.22. The lowest BCUT2D eigenvalue weighted by atomic mass is 10.0. The number of halogens is 3. The Morgan fingerprint density at radius 3 is 2.77 bits per heavy atom. The van der Waals surface area contributed by atoms with Gasteiger partial charge in [-0.15, -0.1) is 0 Å². The molecule has 0 bridgehead atoms. The zero-order valence-electron chi connectivity index (χ0n) is 13.9. The van der Waals surface area contributed by atoms with Crippen molar-refractivity contribution in [3.8, 4) is 0 Å². The van der Waals surface area contributed by atoms with Crippen LogP contribution in [0.25, 0.3) is 0 Å². The number of hydrogen-bond donors (Lipinski definition) is 3. The number of nitrogens with one attached hydrogen (secondary N) is 2. The van der Waals surface area contributed by atoms with Gasteiger partial charge in [0.25, 0.3) is 5.91 Å². The molecule has 3 rings (SSSR count). The van der Waals surface area contributed by atoms with Gasteiger partial charge in [0.1, 0.15) is 11.4 Å². The Labute approximate surface area is 147 Å². The fourth-order valence-electron chi connectivity index (χ4n) is 2.79. The van der Waals surface area contributed by atoms with Crippen LogP contribution in [0.5, 0.6) is 0 Å². The van der Waals surface area contributed by atoms with Gasteiger partial charge in [-0.05, 0) is 29.7 Å². The zero-order valence-corrected chi connectivity index (χ0v) is 13.9. The van der Waals surface area contributed by atoms with Gasteiger partial charge in [0.15, 0.2) is 0 Å². The van der Waals surface area contributed by atoms with Crippen molar-refractivity contribution in [2.75, 3.05) is 13.2 Å². The minimum Gasteiger partial charge on any atom is -0.388 e. The molecule has 0 radical (unpaired) electrons. The second kappa shape index (κ2) is 7.08. The fraction of sp³-hybridized carbons (Fsp3) is 0.412. The van der Waals surface area contributed by atoms with Crippen LogP contribution >= 0.6 is 0 Å². The highest BCUT2D eigenvalue weighted by Gasteiger charge is 2.32. The van der Waals surface area contributed by atoms with Crippen LogP contribution in [-0.2, 0) is 17.3 Å². The van der Waals surface area contributed by atoms with Crippen molar-refractivity contribution < 1.29 is 27.8 Å². The Morgan fingerprint density at radius 1 is 1.42 bits per heavy atom. The highest BCUT2D eigenvalue weighted by molar-refractivity contribution is 5.94. The maximum Gasteiger partial charge on any atom is 0.433 e. The van der Waals surface area contributed by atoms with Crippen molar-refractivity contribution in [1.29, 1.82) is 0 Å². The summed E-state index contributed by atoms with van der Waals surface area (Å²) in [6.07, 6.45) is -2.05. The Hall–Kier alpha value is -2.39. The van der Waals surface area contributed by atoms with Crippen LogP contribution in [0.15, 0.2) is 24.5 Å². The number of aromatic nitrogens is 2. The number of rotatable bonds is 4. The van der Waals surface area contributed by atoms with E-state index in [2.05, 4.69) is 15.3 Å². The van der Waals surface area contributed by atoms with E-state index >= 15 is 0 Å². The van der Waals surface area contributed by atoms with Gasteiger partial charge in [-0.2, -0.15) is 13.2 Å². The molecule has 9 heteroatoms. The minimum atomic E-state index is -4.47. The first-order chi connectivity index (χ1) is 12.3. The molecule has 6 nitrogen and oxygen atoms in total. The lowest BCUT2D eigenvalue weighted by Crippen LogP contribution is -2.42. The molecule has 1 aliphatic heterocycles. The number of amides is 1. The van der Waals surface area contributed by atoms with E-state index in [0.717, 1.165) is 11.6 Å². The van der Waals surface area contributed by atoms with E-state index in [4.69, 9.17) is 4.74 Å². The van der Waals surface area contributed by atoms with Crippen molar-refractivity contribution >= 4 is 5.91 Å². The summed E-state index contributed by atoms with van der Waals surface area (Å²) >= 11 is 0. The SMILES string of the molecule is Cc1c(Cc2ccc(C(F)(F)F)nc2)c[nH]c1C(=O)NC1COCC1O. The van der Waals surface area contributed by atoms with E-state index in [1.54, 1.807) is 13.1 Å². The summed E-state index contributed by atoms with van der Waals surface area (Å²) in [5, 5.41) is 12.4. The summed E-state index contributed by atoms with van der Waals surface area (Å²) in [5.74, 6) is -0.367. The highest BCUT2D eigenvalue weighted by Crippen LogP contribution is 2.27. The lowest BCUT2D eigenvalue weighted by molar-refractivity contribution is -0.141. The van der Waals surface area contributed by atoms with Crippen molar-refractivity contribution in [2.24, 2.45) is 0 Å². The first kappa shape index (κ1) is 18.4. The van der Waals surface area contributed by atoms with Crippen molar-refractivity contribution in [1.82, 2.24) is 15.3 Å². The minimum absolute atomic E-state index is 0.181. The van der Waals surface area contributed by atoms with E-state index < -0.39 is 24.0 Å². The first-order valence-electron chi connectivity index (χ1n) is 8.01. The van der Waals surface area contributed by atoms with Gasteiger partial charge in [-0.25, -0.2) is 0 Å². The van der Waals surface area contributed by atoms with E-state index in [1.165, 1.54) is 12.3 Å². The summed E-state index contributed by atoms with van der Waals surface area (Å²) in [7, 11) is 0. The first-order valence-corrected chi connectivity index (χ1v) is 8.01. The third-order valence-corrected chi connectivity index (χ3v) is 4.35. The summed E-state index contributed by atoms with van der Waals surface area (Å²) in [5.41, 5.74) is 1.48. The Morgan fingerprint density at radius 2 is 2.19 bits per heavy atom. The average molecular weight is 369 g/mol. The van der Waals surface area contributed by atoms with Crippen LogP contribution < -0.4 is 5.32 Å². The number of carbonyl (C=O) groups excluding carboxylic acids is 1. The third kappa shape index (κ3) is 3.88. The van der Waals surface area contributed by atoms with Crippen LogP contribution in [0, 0.1) is 6.92 Å². The molecule has 3 heterocycles. The predicted molar refractivity (Wildman–Crippen MR) is 85.7 cm³/mol. The molecule has 1 aliphatic rings. The number of hydrogen-bond acceptors (Lipinski definition) is 4. The maximum atomic E-state index is 12.6. The molecule has 140 valence electrons. The molecule has 0 aromatic carbocycles. The fourth-order valence-corrected chi connectivity index (χ4v) is 2.79. The van der Waals surface area contributed by atoms with Gasteiger partial charge in [-0.3, -0.25) is 9.78 Å². The van der Waals surface area contributed by atoms with E-state index in [9.17, 15) is 23.1 Å². The van der Waals surface area contributed by atoms with Crippen LogP contribution in [0.2, 0.25) is 0 Å². The summed E-state index contributed by atoms with van der Waals surface area (Å²) in [6.45, 7) is 2.18. The number of alkyl halides is 3. The molecule has 0 saturated carbocycles. The Kier molecular flexibility index (Phi) is 5.01. The molecule has 2 unspecified atom stereocenters. The van der Waals surface area contributed by atoms with Gasteiger partial charge in [0.2, 0.25) is 0 Å². The van der Waals surface area contributed by atoms with Crippen LogP contribution in [0.3, 0.4) is 0 Å². The van der Waals surface area contributed by atoms with Gasteiger partial charge in [0, 0.05) is 18.8 Å². The second-order valence-electron chi connectivity index (χ2n) is 6.22. The lowest BCUT2D eigenvalue weighted by Gasteiger charge is -2.14. The molecular weight excluding hydrogens is 351 g/mol. The average Bonchev–Trinajstić information content (AvgIpc) is 3.14. The van der Waals surface area contributed by atoms with Crippen molar-refractivity contribution in [3.63, 3.8) is 0 Å². The topological polar surface area (TPSA) is 87.2 Å². The molecule has 0 aliphatic carbocycles. The largest absolute Gasteiger partial charge is 0.433 e. The van der Waals surface area contributed by atoms with Crippen molar-refractivity contribution in [3.05, 3.63) is 52.6 Å². The molecule has 0 spiro atoms. The smallest absolute Gasteiger partial charge is 0.388 e. The highest BCUT2D eigenvalue weighted by atomic mass is 19.4. The van der Waals surface area contributed by atoms with Crippen molar-refractivity contribution in [2.45, 2.75) is 31.7 Å². The number of aliphatic hydroxyl groups is 1. The van der Waals surface area contributed by atoms with Crippen LogP contribution in [-0.4, -0.2) is 46.3 Å². The number of pyridine rings is 1. The van der Waals surface area contributed by atoms with Gasteiger partial charge in [0.05, 0.1) is 25.4 Å². The van der Waals surface area contributed by atoms with E-state index in [-0.39, 0.29) is 19.1 Å². The molecule has 3 N–H and O–H groups in total. The number of ether oxygens (including phenoxy) is 1. The molecule has 1 saturated heterocycles. The predicted octanol–water partition coefficient (Wildman–Crippen LogP) is 1.82. The molecule has 2 aromatic rings. The van der Waals surface area contributed by atoms with Gasteiger partial charge < -0.3 is 20.1 Å². The van der Waals surface area contributed by atoms with E-state index in [1.807, 2.05) is 0 Å². The molecular formula is C17H18F3N3O3. The zero-order chi connectivity index (χ0) is 18.9. The molecule has 1 fully saturated rings. The monoisotopic (exact) mass is 369 g/mol. The Balaban J connectivity index is 1.69. The van der Waals surface area contributed by atoms with Crippen LogP contribution in [0.4, 0.5) is 13.2 Å². The number of H-pyrrole nitrogens is 1. The summed E-state index contributed by atoms with van der Waals surface area (Å²) in [4.78, 5) is 18.7. The van der Waals surface area contributed by atoms with Crippen LogP contribution in [0.1, 0.15) is 32.9 Å². The molecule has 2 atom stereocenters. The molecule has 26 heavy (non-hydrogen) atoms. The summed E-state index contributed by atoms with van der Waals surface area (Å²) < 4.78 is 42.8. The molecule has 1 amide bonds. The maximum absolute atomic E-state index is 12.6. The van der Waals surface area contributed by atoms with Gasteiger partial charge >= 0.3 is 6.18 Å². The molecule has 2 aromatic heterocycles.